The van der Waals surface area contributed by atoms with Crippen molar-refractivity contribution in [2.24, 2.45) is 5.73 Å². The number of allylic oxidation sites excluding steroid dienone is 2. The second-order valence-corrected chi connectivity index (χ2v) is 1.15. The molecule has 2 heteroatoms. The average Bonchev–Trinajstić information content (AvgIpc) is 2.25. The number of rotatable bonds is 1. The van der Waals surface area contributed by atoms with Gasteiger partial charge >= 0.3 is 0 Å². The van der Waals surface area contributed by atoms with Gasteiger partial charge in [-0.1, -0.05) is 66.9 Å². The highest BCUT2D eigenvalue weighted by atomic mass is 14.7. The molecule has 0 rings (SSSR count). The van der Waals surface area contributed by atoms with Gasteiger partial charge in [-0.25, -0.2) is 0 Å². The van der Waals surface area contributed by atoms with Gasteiger partial charge in [0.1, 0.15) is 0 Å². The molecule has 0 spiro atoms. The second kappa shape index (κ2) is 91.8. The molecule has 0 radical (unpaired) electrons. The summed E-state index contributed by atoms with van der Waals surface area (Å²) in [4.78, 5) is 0. The maximum Gasteiger partial charge on any atom is 0.0873 e. The molecule has 14 heavy (non-hydrogen) atoms. The van der Waals surface area contributed by atoms with Gasteiger partial charge < -0.3 is 5.73 Å². The molecule has 0 atom stereocenters. The Bertz CT molecular complexity index is 76.3. The first-order valence-electron chi connectivity index (χ1n) is 5.19. The molecule has 0 aromatic rings. The topological polar surface area (TPSA) is 49.9 Å². The monoisotopic (exact) mass is 202 g/mol. The van der Waals surface area contributed by atoms with Crippen LogP contribution >= 0.6 is 0 Å². The highest BCUT2D eigenvalue weighted by Crippen LogP contribution is 1.52. The van der Waals surface area contributed by atoms with E-state index < -0.39 is 0 Å². The van der Waals surface area contributed by atoms with Gasteiger partial charge in [0.2, 0.25) is 0 Å². The van der Waals surface area contributed by atoms with E-state index in [1.165, 1.54) is 6.92 Å². The van der Waals surface area contributed by atoms with Crippen molar-refractivity contribution in [3.63, 3.8) is 0 Å². The fraction of sp³-hybridized carbons (Fsp3) is 0.583. The highest BCUT2D eigenvalue weighted by Gasteiger charge is 1.53. The summed E-state index contributed by atoms with van der Waals surface area (Å²) in [5.74, 6) is 0.167. The van der Waals surface area contributed by atoms with E-state index in [0.29, 0.717) is 0 Å². The second-order valence-electron chi connectivity index (χ2n) is 1.15. The first kappa shape index (κ1) is 29.3. The molecular formula is C12H30N2. The van der Waals surface area contributed by atoms with Crippen LogP contribution in [0.4, 0.5) is 0 Å². The zero-order valence-electron chi connectivity index (χ0n) is 11.1. The maximum absolute atomic E-state index is 6.28. The lowest BCUT2D eigenvalue weighted by Gasteiger charge is -1.66. The van der Waals surface area contributed by atoms with Crippen molar-refractivity contribution in [2.45, 2.75) is 48.5 Å². The lowest BCUT2D eigenvalue weighted by Crippen LogP contribution is -2.00. The normalized spacial score (nSPS) is 4.50. The Hall–Kier alpha value is -1.05. The van der Waals surface area contributed by atoms with Gasteiger partial charge in [-0.15, -0.1) is 0 Å². The number of amidine groups is 1. The summed E-state index contributed by atoms with van der Waals surface area (Å²) >= 11 is 0. The summed E-state index contributed by atoms with van der Waals surface area (Å²) in [6, 6.07) is 0. The van der Waals surface area contributed by atoms with E-state index in [9.17, 15) is 0 Å². The average molecular weight is 202 g/mol. The third-order valence-electron chi connectivity index (χ3n) is 0.167. The van der Waals surface area contributed by atoms with Crippen molar-refractivity contribution in [2.75, 3.05) is 0 Å². The van der Waals surface area contributed by atoms with Crippen molar-refractivity contribution >= 4 is 5.84 Å². The Kier molecular flexibility index (Phi) is 192. The minimum Gasteiger partial charge on any atom is -0.388 e. The Morgan fingerprint density at radius 3 is 1.00 bits per heavy atom. The molecule has 0 bridgehead atoms. The predicted octanol–water partition coefficient (Wildman–Crippen LogP) is 4.38. The molecule has 2 nitrogen and oxygen atoms in total. The summed E-state index contributed by atoms with van der Waals surface area (Å²) in [7, 11) is 0. The molecule has 0 amide bonds. The van der Waals surface area contributed by atoms with Crippen LogP contribution in [0.1, 0.15) is 48.5 Å². The summed E-state index contributed by atoms with van der Waals surface area (Å²) in [6.45, 7) is 20.2. The van der Waals surface area contributed by atoms with Crippen LogP contribution < -0.4 is 5.73 Å². The van der Waals surface area contributed by atoms with E-state index in [-0.39, 0.29) is 5.84 Å². The van der Waals surface area contributed by atoms with E-state index in [0.717, 1.165) is 0 Å². The molecular weight excluding hydrogens is 172 g/mol. The van der Waals surface area contributed by atoms with Gasteiger partial charge in [-0.3, -0.25) is 5.41 Å². The molecule has 0 saturated carbocycles. The van der Waals surface area contributed by atoms with Crippen LogP contribution in [0.5, 0.6) is 0 Å². The third-order valence-corrected chi connectivity index (χ3v) is 0.167. The fourth-order valence-electron chi connectivity index (χ4n) is 0. The van der Waals surface area contributed by atoms with Gasteiger partial charge in [0.05, 0.1) is 5.84 Å². The minimum atomic E-state index is 0.167. The predicted molar refractivity (Wildman–Crippen MR) is 72.0 cm³/mol. The zero-order valence-corrected chi connectivity index (χ0v) is 11.1. The standard InChI is InChI=1S/C4H6.C2H6N2.3C2H6/c1-3-4-2;1-2(3)4;3*1-2/h3-4H,1-2H2;1H3,(H3,3,4);3*1-2H3. The molecule has 0 aromatic heterocycles. The van der Waals surface area contributed by atoms with Crippen LogP contribution in [0.25, 0.3) is 0 Å². The largest absolute Gasteiger partial charge is 0.388 e. The number of nitrogens with two attached hydrogens (primary N) is 1. The molecule has 0 aromatic carbocycles. The van der Waals surface area contributed by atoms with Crippen LogP contribution in [0, 0.1) is 5.41 Å². The molecule has 0 fully saturated rings. The fourth-order valence-corrected chi connectivity index (χ4v) is 0. The van der Waals surface area contributed by atoms with Crippen LogP contribution in [-0.2, 0) is 0 Å². The maximum atomic E-state index is 6.28. The van der Waals surface area contributed by atoms with Crippen molar-refractivity contribution < 1.29 is 0 Å². The van der Waals surface area contributed by atoms with Gasteiger partial charge in [0.25, 0.3) is 0 Å². The van der Waals surface area contributed by atoms with E-state index in [1.807, 2.05) is 41.5 Å². The molecule has 0 unspecified atom stereocenters. The lowest BCUT2D eigenvalue weighted by atomic mass is 10.6. The number of hydrogen-bond acceptors (Lipinski definition) is 1. The van der Waals surface area contributed by atoms with Gasteiger partial charge in [0, 0.05) is 0 Å². The summed E-state index contributed by atoms with van der Waals surface area (Å²) < 4.78 is 0. The highest BCUT2D eigenvalue weighted by molar-refractivity contribution is 5.73. The quantitative estimate of drug-likeness (QED) is 0.370. The van der Waals surface area contributed by atoms with Crippen LogP contribution in [0.2, 0.25) is 0 Å². The zero-order chi connectivity index (χ0) is 13.0. The van der Waals surface area contributed by atoms with Crippen molar-refractivity contribution in [1.82, 2.24) is 0 Å². The van der Waals surface area contributed by atoms with Gasteiger partial charge in [-0.2, -0.15) is 0 Å². The molecule has 88 valence electrons. The molecule has 3 N–H and O–H groups in total. The number of nitrogens with one attached hydrogen (secondary N) is 1. The molecule has 0 aliphatic carbocycles. The van der Waals surface area contributed by atoms with Crippen molar-refractivity contribution in [3.05, 3.63) is 25.3 Å². The minimum absolute atomic E-state index is 0.167. The summed E-state index contributed by atoms with van der Waals surface area (Å²) in [5, 5.41) is 6.28. The lowest BCUT2D eigenvalue weighted by molar-refractivity contribution is 1.42. The first-order valence-corrected chi connectivity index (χ1v) is 5.19. The van der Waals surface area contributed by atoms with Crippen LogP contribution in [-0.4, -0.2) is 5.84 Å². The van der Waals surface area contributed by atoms with Gasteiger partial charge in [0.15, 0.2) is 0 Å². The van der Waals surface area contributed by atoms with Crippen molar-refractivity contribution in [1.29, 1.82) is 5.41 Å². The molecule has 0 heterocycles. The molecule has 0 saturated heterocycles. The van der Waals surface area contributed by atoms with Gasteiger partial charge in [-0.05, 0) is 6.92 Å². The van der Waals surface area contributed by atoms with E-state index in [4.69, 9.17) is 11.1 Å². The summed E-state index contributed by atoms with van der Waals surface area (Å²) in [6.07, 6.45) is 3.28. The van der Waals surface area contributed by atoms with Crippen LogP contribution in [0.15, 0.2) is 25.3 Å². The Balaban J connectivity index is -0.0000000255. The SMILES string of the molecule is C=CC=C.CC.CC.CC.CC(=N)N. The first-order chi connectivity index (χ1) is 6.65. The van der Waals surface area contributed by atoms with Crippen molar-refractivity contribution in [3.8, 4) is 0 Å². The molecule has 0 aliphatic heterocycles. The third kappa shape index (κ3) is 434000. The Labute approximate surface area is 91.4 Å². The Morgan fingerprint density at radius 1 is 0.929 bits per heavy atom. The Morgan fingerprint density at radius 2 is 1.00 bits per heavy atom. The molecule has 0 aliphatic rings. The van der Waals surface area contributed by atoms with E-state index >= 15 is 0 Å². The smallest absolute Gasteiger partial charge is 0.0873 e. The van der Waals surface area contributed by atoms with E-state index in [1.54, 1.807) is 12.2 Å². The van der Waals surface area contributed by atoms with Crippen LogP contribution in [0.3, 0.4) is 0 Å². The van der Waals surface area contributed by atoms with E-state index in [2.05, 4.69) is 13.2 Å². The number of hydrogen-bond donors (Lipinski definition) is 2. The summed E-state index contributed by atoms with van der Waals surface area (Å²) in [5.41, 5.74) is 4.69.